The lowest BCUT2D eigenvalue weighted by molar-refractivity contribution is 0.0519. The molecule has 0 N–H and O–H groups in total. The number of hydrogen-bond acceptors (Lipinski definition) is 6. The minimum absolute atomic E-state index is 0.211. The van der Waals surface area contributed by atoms with Crippen molar-refractivity contribution in [1.82, 2.24) is 4.98 Å². The Bertz CT molecular complexity index is 357. The van der Waals surface area contributed by atoms with E-state index in [1.807, 2.05) is 4.90 Å². The van der Waals surface area contributed by atoms with Crippen LogP contribution in [0.4, 0.5) is 6.01 Å². The van der Waals surface area contributed by atoms with Crippen molar-refractivity contribution in [3.8, 4) is 0 Å². The van der Waals surface area contributed by atoms with Gasteiger partial charge in [-0.2, -0.15) is 4.98 Å². The highest BCUT2D eigenvalue weighted by Crippen LogP contribution is 2.15. The highest BCUT2D eigenvalue weighted by atomic mass is 16.5. The SMILES string of the molecule is CCOC(=O)c1coc(N2CCOCC2)n1. The summed E-state index contributed by atoms with van der Waals surface area (Å²) in [5, 5.41) is 0. The van der Waals surface area contributed by atoms with Crippen LogP contribution in [0.25, 0.3) is 0 Å². The van der Waals surface area contributed by atoms with Crippen molar-refractivity contribution < 1.29 is 18.7 Å². The number of morpholine rings is 1. The summed E-state index contributed by atoms with van der Waals surface area (Å²) in [5.74, 6) is -0.453. The van der Waals surface area contributed by atoms with Crippen molar-refractivity contribution in [3.05, 3.63) is 12.0 Å². The Morgan fingerprint density at radius 1 is 1.56 bits per heavy atom. The van der Waals surface area contributed by atoms with Crippen LogP contribution >= 0.6 is 0 Å². The zero-order chi connectivity index (χ0) is 11.4. The van der Waals surface area contributed by atoms with Gasteiger partial charge in [0.2, 0.25) is 0 Å². The molecule has 1 saturated heterocycles. The fraction of sp³-hybridized carbons (Fsp3) is 0.600. The molecule has 1 aliphatic rings. The minimum atomic E-state index is -0.453. The molecule has 0 aliphatic carbocycles. The average molecular weight is 226 g/mol. The molecule has 1 aromatic heterocycles. The van der Waals surface area contributed by atoms with E-state index >= 15 is 0 Å². The summed E-state index contributed by atoms with van der Waals surface area (Å²) in [6.07, 6.45) is 1.32. The van der Waals surface area contributed by atoms with Crippen LogP contribution in [0.5, 0.6) is 0 Å². The normalized spacial score (nSPS) is 16.2. The first-order valence-corrected chi connectivity index (χ1v) is 5.26. The fourth-order valence-electron chi connectivity index (χ4n) is 1.46. The highest BCUT2D eigenvalue weighted by Gasteiger charge is 2.19. The van der Waals surface area contributed by atoms with E-state index < -0.39 is 5.97 Å². The number of esters is 1. The number of nitrogens with zero attached hydrogens (tertiary/aromatic N) is 2. The number of ether oxygens (including phenoxy) is 2. The molecule has 16 heavy (non-hydrogen) atoms. The highest BCUT2D eigenvalue weighted by molar-refractivity contribution is 5.87. The van der Waals surface area contributed by atoms with Crippen molar-refractivity contribution in [3.63, 3.8) is 0 Å². The third-order valence-electron chi connectivity index (χ3n) is 2.26. The predicted octanol–water partition coefficient (Wildman–Crippen LogP) is 0.688. The Kier molecular flexibility index (Phi) is 3.40. The second kappa shape index (κ2) is 4.98. The zero-order valence-corrected chi connectivity index (χ0v) is 9.14. The van der Waals surface area contributed by atoms with Gasteiger partial charge in [-0.25, -0.2) is 4.79 Å². The molecule has 0 unspecified atom stereocenters. The summed E-state index contributed by atoms with van der Waals surface area (Å²) in [4.78, 5) is 17.4. The maximum absolute atomic E-state index is 11.4. The summed E-state index contributed by atoms with van der Waals surface area (Å²) in [5.41, 5.74) is 0.211. The lowest BCUT2D eigenvalue weighted by Gasteiger charge is -2.24. The first kappa shape index (κ1) is 10.9. The largest absolute Gasteiger partial charge is 0.461 e. The molecular formula is C10H14N2O4. The van der Waals surface area contributed by atoms with E-state index in [0.29, 0.717) is 25.8 Å². The molecule has 0 atom stereocenters. The summed E-state index contributed by atoms with van der Waals surface area (Å²) in [6, 6.07) is 0.450. The van der Waals surface area contributed by atoms with Gasteiger partial charge in [-0.15, -0.1) is 0 Å². The molecule has 1 aliphatic heterocycles. The number of aromatic nitrogens is 1. The number of carbonyl (C=O) groups excluding carboxylic acids is 1. The van der Waals surface area contributed by atoms with Gasteiger partial charge in [-0.1, -0.05) is 0 Å². The van der Waals surface area contributed by atoms with Gasteiger partial charge in [0, 0.05) is 13.1 Å². The molecule has 0 amide bonds. The Balaban J connectivity index is 2.03. The lowest BCUT2D eigenvalue weighted by Crippen LogP contribution is -2.36. The van der Waals surface area contributed by atoms with E-state index in [1.54, 1.807) is 6.92 Å². The van der Waals surface area contributed by atoms with Crippen LogP contribution in [-0.4, -0.2) is 43.9 Å². The Morgan fingerprint density at radius 3 is 3.00 bits per heavy atom. The van der Waals surface area contributed by atoms with Gasteiger partial charge in [-0.05, 0) is 6.92 Å². The Morgan fingerprint density at radius 2 is 2.31 bits per heavy atom. The molecule has 1 aromatic rings. The van der Waals surface area contributed by atoms with Crippen molar-refractivity contribution >= 4 is 12.0 Å². The monoisotopic (exact) mass is 226 g/mol. The summed E-state index contributed by atoms with van der Waals surface area (Å²) >= 11 is 0. The molecule has 0 bridgehead atoms. The number of oxazole rings is 1. The second-order valence-electron chi connectivity index (χ2n) is 3.34. The number of carbonyl (C=O) groups is 1. The molecule has 0 aromatic carbocycles. The van der Waals surface area contributed by atoms with E-state index in [4.69, 9.17) is 13.9 Å². The van der Waals surface area contributed by atoms with Gasteiger partial charge in [0.1, 0.15) is 6.26 Å². The van der Waals surface area contributed by atoms with Crippen LogP contribution < -0.4 is 4.90 Å². The summed E-state index contributed by atoms with van der Waals surface area (Å²) in [6.45, 7) is 4.83. The second-order valence-corrected chi connectivity index (χ2v) is 3.34. The van der Waals surface area contributed by atoms with Gasteiger partial charge in [0.05, 0.1) is 19.8 Å². The Labute approximate surface area is 93.1 Å². The number of anilines is 1. The first-order valence-electron chi connectivity index (χ1n) is 5.26. The predicted molar refractivity (Wildman–Crippen MR) is 55.5 cm³/mol. The van der Waals surface area contributed by atoms with E-state index in [0.717, 1.165) is 13.1 Å². The standard InChI is InChI=1S/C10H14N2O4/c1-2-15-9(13)8-7-16-10(11-8)12-3-5-14-6-4-12/h7H,2-6H2,1H3. The van der Waals surface area contributed by atoms with E-state index in [9.17, 15) is 4.79 Å². The van der Waals surface area contributed by atoms with Crippen LogP contribution in [0.2, 0.25) is 0 Å². The quantitative estimate of drug-likeness (QED) is 0.706. The van der Waals surface area contributed by atoms with Crippen LogP contribution in [0.3, 0.4) is 0 Å². The molecule has 0 radical (unpaired) electrons. The average Bonchev–Trinajstić information content (AvgIpc) is 2.80. The maximum atomic E-state index is 11.4. The fourth-order valence-corrected chi connectivity index (χ4v) is 1.46. The van der Waals surface area contributed by atoms with Crippen LogP contribution in [0.1, 0.15) is 17.4 Å². The number of hydrogen-bond donors (Lipinski definition) is 0. The number of rotatable bonds is 3. The van der Waals surface area contributed by atoms with Gasteiger partial charge in [-0.3, -0.25) is 0 Å². The van der Waals surface area contributed by atoms with Gasteiger partial charge >= 0.3 is 5.97 Å². The maximum Gasteiger partial charge on any atom is 0.360 e. The molecule has 1 fully saturated rings. The van der Waals surface area contributed by atoms with Gasteiger partial charge < -0.3 is 18.8 Å². The molecule has 0 saturated carbocycles. The molecule has 6 nitrogen and oxygen atoms in total. The lowest BCUT2D eigenvalue weighted by atomic mass is 10.4. The molecule has 88 valence electrons. The van der Waals surface area contributed by atoms with Crippen LogP contribution in [0.15, 0.2) is 10.7 Å². The van der Waals surface area contributed by atoms with E-state index in [-0.39, 0.29) is 5.69 Å². The minimum Gasteiger partial charge on any atom is -0.461 e. The summed E-state index contributed by atoms with van der Waals surface area (Å²) < 4.78 is 15.3. The molecule has 2 rings (SSSR count). The van der Waals surface area contributed by atoms with Crippen molar-refractivity contribution in [2.24, 2.45) is 0 Å². The molecule has 6 heteroatoms. The topological polar surface area (TPSA) is 64.8 Å². The third-order valence-corrected chi connectivity index (χ3v) is 2.26. The smallest absolute Gasteiger partial charge is 0.360 e. The van der Waals surface area contributed by atoms with E-state index in [2.05, 4.69) is 4.98 Å². The zero-order valence-electron chi connectivity index (χ0n) is 9.14. The van der Waals surface area contributed by atoms with Crippen molar-refractivity contribution in [1.29, 1.82) is 0 Å². The van der Waals surface area contributed by atoms with Gasteiger partial charge in [0.25, 0.3) is 6.01 Å². The molecule has 2 heterocycles. The van der Waals surface area contributed by atoms with Crippen LogP contribution in [-0.2, 0) is 9.47 Å². The van der Waals surface area contributed by atoms with Gasteiger partial charge in [0.15, 0.2) is 5.69 Å². The Hall–Kier alpha value is -1.56. The summed E-state index contributed by atoms with van der Waals surface area (Å²) in [7, 11) is 0. The van der Waals surface area contributed by atoms with Crippen molar-refractivity contribution in [2.75, 3.05) is 37.8 Å². The van der Waals surface area contributed by atoms with Crippen LogP contribution in [0, 0.1) is 0 Å². The third kappa shape index (κ3) is 2.33. The molecule has 0 spiro atoms. The van der Waals surface area contributed by atoms with E-state index in [1.165, 1.54) is 6.26 Å². The first-order chi connectivity index (χ1) is 7.81. The molecular weight excluding hydrogens is 212 g/mol. The van der Waals surface area contributed by atoms with Crippen molar-refractivity contribution in [2.45, 2.75) is 6.92 Å².